The van der Waals surface area contributed by atoms with Crippen LogP contribution in [0.4, 0.5) is 10.5 Å². The van der Waals surface area contributed by atoms with Crippen molar-refractivity contribution in [3.05, 3.63) is 47.4 Å². The highest BCUT2D eigenvalue weighted by Crippen LogP contribution is 2.32. The number of cyclic esters (lactones) is 1. The number of carbonyl (C=O) groups is 2. The van der Waals surface area contributed by atoms with E-state index in [1.165, 1.54) is 0 Å². The lowest BCUT2D eigenvalue weighted by atomic mass is 10.1. The van der Waals surface area contributed by atoms with Crippen LogP contribution in [0.3, 0.4) is 0 Å². The number of nitrogens with one attached hydrogen (secondary N) is 1. The van der Waals surface area contributed by atoms with Gasteiger partial charge in [0.2, 0.25) is 0 Å². The highest BCUT2D eigenvalue weighted by Gasteiger charge is 2.40. The fraction of sp³-hybridized carbons (Fsp3) is 0.381. The number of aromatic nitrogens is 3. The molecule has 0 aliphatic carbocycles. The van der Waals surface area contributed by atoms with Crippen molar-refractivity contribution in [2.24, 2.45) is 0 Å². The molecule has 1 fully saturated rings. The number of anilines is 1. The first-order valence-electron chi connectivity index (χ1n) is 9.75. The van der Waals surface area contributed by atoms with Crippen LogP contribution in [-0.2, 0) is 17.8 Å². The highest BCUT2D eigenvalue weighted by molar-refractivity contribution is 5.99. The number of H-pyrrole nitrogens is 1. The Balaban J connectivity index is 1.43. The Bertz CT molecular complexity index is 1140. The zero-order chi connectivity index (χ0) is 20.3. The average molecular weight is 393 g/mol. The maximum atomic E-state index is 13.2. The number of aromatic amines is 1. The standard InChI is InChI=1S/C21H23N5O3/c1-13-5-4-6-15-14(13)9-16(23-15)19(27)24-7-8-26-18(11-24)17(10-22-26)25-12-21(2,3)29-20(25)28/h4-6,9-10,23H,7-8,11-12H2,1-3H3. The summed E-state index contributed by atoms with van der Waals surface area (Å²) in [5.74, 6) is -0.0525. The summed E-state index contributed by atoms with van der Waals surface area (Å²) in [5, 5.41) is 5.47. The first-order valence-corrected chi connectivity index (χ1v) is 9.75. The van der Waals surface area contributed by atoms with Crippen LogP contribution in [-0.4, -0.2) is 50.4 Å². The number of hydrogen-bond donors (Lipinski definition) is 1. The molecule has 8 heteroatoms. The fourth-order valence-corrected chi connectivity index (χ4v) is 4.18. The lowest BCUT2D eigenvalue weighted by Crippen LogP contribution is -2.39. The van der Waals surface area contributed by atoms with Gasteiger partial charge in [0, 0.05) is 17.4 Å². The van der Waals surface area contributed by atoms with Crippen LogP contribution in [0.15, 0.2) is 30.5 Å². The van der Waals surface area contributed by atoms with Gasteiger partial charge in [-0.1, -0.05) is 12.1 Å². The molecule has 2 aromatic heterocycles. The lowest BCUT2D eigenvalue weighted by Gasteiger charge is -2.29. The van der Waals surface area contributed by atoms with Gasteiger partial charge in [0.25, 0.3) is 5.91 Å². The second-order valence-corrected chi connectivity index (χ2v) is 8.36. The molecule has 0 bridgehead atoms. The van der Waals surface area contributed by atoms with Gasteiger partial charge in [-0.3, -0.25) is 14.4 Å². The molecule has 1 saturated heterocycles. The molecule has 0 spiro atoms. The summed E-state index contributed by atoms with van der Waals surface area (Å²) in [6.45, 7) is 7.81. The molecule has 1 aromatic carbocycles. The van der Waals surface area contributed by atoms with E-state index in [-0.39, 0.29) is 12.0 Å². The summed E-state index contributed by atoms with van der Waals surface area (Å²) in [6, 6.07) is 7.90. The van der Waals surface area contributed by atoms with Crippen molar-refractivity contribution in [3.63, 3.8) is 0 Å². The van der Waals surface area contributed by atoms with E-state index in [1.807, 2.05) is 49.7 Å². The van der Waals surface area contributed by atoms with Crippen LogP contribution in [0, 0.1) is 6.92 Å². The normalized spacial score (nSPS) is 18.2. The maximum absolute atomic E-state index is 13.2. The molecule has 0 saturated carbocycles. The van der Waals surface area contributed by atoms with Crippen molar-refractivity contribution in [1.82, 2.24) is 19.7 Å². The number of benzene rings is 1. The van der Waals surface area contributed by atoms with Gasteiger partial charge in [0.15, 0.2) is 0 Å². The van der Waals surface area contributed by atoms with E-state index in [0.717, 1.165) is 22.2 Å². The molecule has 0 radical (unpaired) electrons. The van der Waals surface area contributed by atoms with E-state index in [2.05, 4.69) is 10.1 Å². The topological polar surface area (TPSA) is 83.5 Å². The summed E-state index contributed by atoms with van der Waals surface area (Å²) in [7, 11) is 0. The number of hydrogen-bond acceptors (Lipinski definition) is 4. The summed E-state index contributed by atoms with van der Waals surface area (Å²) in [5.41, 5.74) is 3.69. The number of nitrogens with zero attached hydrogens (tertiary/aromatic N) is 4. The van der Waals surface area contributed by atoms with Crippen molar-refractivity contribution >= 4 is 28.6 Å². The summed E-state index contributed by atoms with van der Waals surface area (Å²) >= 11 is 0. The van der Waals surface area contributed by atoms with E-state index >= 15 is 0 Å². The number of carbonyl (C=O) groups excluding carboxylic acids is 2. The van der Waals surface area contributed by atoms with Crippen LogP contribution < -0.4 is 4.90 Å². The highest BCUT2D eigenvalue weighted by atomic mass is 16.6. The minimum atomic E-state index is -0.543. The number of ether oxygens (including phenoxy) is 1. The minimum absolute atomic E-state index is 0.0525. The Morgan fingerprint density at radius 1 is 1.28 bits per heavy atom. The summed E-state index contributed by atoms with van der Waals surface area (Å²) in [6.07, 6.45) is 1.32. The molecule has 2 aliphatic rings. The van der Waals surface area contributed by atoms with Crippen LogP contribution >= 0.6 is 0 Å². The molecular formula is C21H23N5O3. The van der Waals surface area contributed by atoms with Crippen molar-refractivity contribution < 1.29 is 14.3 Å². The third-order valence-corrected chi connectivity index (χ3v) is 5.66. The second-order valence-electron chi connectivity index (χ2n) is 8.36. The summed E-state index contributed by atoms with van der Waals surface area (Å²) in [4.78, 5) is 32.1. The Labute approximate surface area is 168 Å². The number of fused-ring (bicyclic) bond motifs is 2. The quantitative estimate of drug-likeness (QED) is 0.725. The molecular weight excluding hydrogens is 370 g/mol. The molecule has 4 heterocycles. The third-order valence-electron chi connectivity index (χ3n) is 5.66. The predicted octanol–water partition coefficient (Wildman–Crippen LogP) is 3.06. The third kappa shape index (κ3) is 2.86. The molecule has 5 rings (SSSR count). The maximum Gasteiger partial charge on any atom is 0.415 e. The molecule has 8 nitrogen and oxygen atoms in total. The first kappa shape index (κ1) is 17.8. The van der Waals surface area contributed by atoms with Crippen LogP contribution in [0.1, 0.15) is 35.6 Å². The lowest BCUT2D eigenvalue weighted by molar-refractivity contribution is 0.0701. The van der Waals surface area contributed by atoms with Crippen LogP contribution in [0.2, 0.25) is 0 Å². The van der Waals surface area contributed by atoms with Gasteiger partial charge in [-0.25, -0.2) is 4.79 Å². The Morgan fingerprint density at radius 2 is 2.10 bits per heavy atom. The minimum Gasteiger partial charge on any atom is -0.441 e. The predicted molar refractivity (Wildman–Crippen MR) is 108 cm³/mol. The molecule has 0 unspecified atom stereocenters. The van der Waals surface area contributed by atoms with Crippen molar-refractivity contribution in [1.29, 1.82) is 0 Å². The molecule has 29 heavy (non-hydrogen) atoms. The second kappa shape index (κ2) is 6.10. The number of rotatable bonds is 2. The fourth-order valence-electron chi connectivity index (χ4n) is 4.18. The van der Waals surface area contributed by atoms with Gasteiger partial charge < -0.3 is 14.6 Å². The van der Waals surface area contributed by atoms with E-state index < -0.39 is 5.60 Å². The Kier molecular flexibility index (Phi) is 3.74. The van der Waals surface area contributed by atoms with E-state index in [4.69, 9.17) is 4.74 Å². The summed E-state index contributed by atoms with van der Waals surface area (Å²) < 4.78 is 7.30. The SMILES string of the molecule is Cc1cccc2[nH]c(C(=O)N3CCn4ncc(N5CC(C)(C)OC5=O)c4C3)cc12. The largest absolute Gasteiger partial charge is 0.441 e. The molecule has 2 amide bonds. The van der Waals surface area contributed by atoms with Gasteiger partial charge in [-0.15, -0.1) is 0 Å². The molecule has 150 valence electrons. The number of aryl methyl sites for hydroxylation is 1. The monoisotopic (exact) mass is 393 g/mol. The zero-order valence-corrected chi connectivity index (χ0v) is 16.7. The number of amides is 2. The van der Waals surface area contributed by atoms with Gasteiger partial charge in [0.05, 0.1) is 37.2 Å². The smallest absolute Gasteiger partial charge is 0.415 e. The van der Waals surface area contributed by atoms with Crippen LogP contribution in [0.25, 0.3) is 10.9 Å². The van der Waals surface area contributed by atoms with Crippen molar-refractivity contribution in [3.8, 4) is 0 Å². The van der Waals surface area contributed by atoms with Gasteiger partial charge >= 0.3 is 6.09 Å². The Morgan fingerprint density at radius 3 is 2.83 bits per heavy atom. The zero-order valence-electron chi connectivity index (χ0n) is 16.7. The molecule has 0 atom stereocenters. The molecule has 3 aromatic rings. The van der Waals surface area contributed by atoms with Gasteiger partial charge in [-0.05, 0) is 38.5 Å². The average Bonchev–Trinajstić information content (AvgIpc) is 3.35. The molecule has 2 aliphatic heterocycles. The van der Waals surface area contributed by atoms with E-state index in [1.54, 1.807) is 16.0 Å². The Hall–Kier alpha value is -3.29. The van der Waals surface area contributed by atoms with E-state index in [9.17, 15) is 9.59 Å². The van der Waals surface area contributed by atoms with Crippen molar-refractivity contribution in [2.45, 2.75) is 39.5 Å². The van der Waals surface area contributed by atoms with Crippen molar-refractivity contribution in [2.75, 3.05) is 18.0 Å². The van der Waals surface area contributed by atoms with Gasteiger partial charge in [-0.2, -0.15) is 5.10 Å². The first-order chi connectivity index (χ1) is 13.8. The molecule has 1 N–H and O–H groups in total. The van der Waals surface area contributed by atoms with E-state index in [0.29, 0.717) is 37.6 Å². The van der Waals surface area contributed by atoms with Crippen LogP contribution in [0.5, 0.6) is 0 Å². The van der Waals surface area contributed by atoms with Gasteiger partial charge in [0.1, 0.15) is 11.3 Å².